The SMILES string of the molecule is O=S(O)c1ccc(C2=C3CC(C=C(c4ccc(OCCCCC5CCCCC5)cc4)C=N3)CCN=C2)c2ccccc12. The first kappa shape index (κ1) is 28.8. The summed E-state index contributed by atoms with van der Waals surface area (Å²) in [4.78, 5) is 10.2. The molecule has 1 saturated carbocycles. The lowest BCUT2D eigenvalue weighted by molar-refractivity contribution is 0.283. The number of benzene rings is 3. The Morgan fingerprint density at radius 1 is 0.881 bits per heavy atom. The van der Waals surface area contributed by atoms with Gasteiger partial charge in [-0.1, -0.05) is 87.1 Å². The Kier molecular flexibility index (Phi) is 9.41. The van der Waals surface area contributed by atoms with Crippen molar-refractivity contribution in [2.24, 2.45) is 21.8 Å². The minimum atomic E-state index is -2.06. The fraction of sp³-hybridized carbons (Fsp3) is 0.389. The van der Waals surface area contributed by atoms with Gasteiger partial charge in [-0.05, 0) is 77.8 Å². The van der Waals surface area contributed by atoms with Crippen molar-refractivity contribution < 1.29 is 13.5 Å². The van der Waals surface area contributed by atoms with E-state index >= 15 is 0 Å². The average molecular weight is 581 g/mol. The molecule has 2 atom stereocenters. The highest BCUT2D eigenvalue weighted by Gasteiger charge is 2.21. The van der Waals surface area contributed by atoms with Crippen LogP contribution in [0.15, 0.2) is 87.3 Å². The standard InChI is InChI=1S/C36H40N2O3S/c39-42(40)36-18-17-32(31-11-4-5-12-33(31)36)34-25-37-20-19-27-22-29(24-38-35(34)23-27)28-13-15-30(16-14-28)41-21-7-6-10-26-8-2-1-3-9-26/h4-5,11-18,22,24-27H,1-3,6-10,19-21,23H2,(H,39,40). The van der Waals surface area contributed by atoms with Gasteiger partial charge in [0.25, 0.3) is 0 Å². The molecule has 218 valence electrons. The lowest BCUT2D eigenvalue weighted by atomic mass is 9.86. The number of fused-ring (bicyclic) bond motifs is 3. The average Bonchev–Trinajstić information content (AvgIpc) is 3.25. The number of hydrogen-bond donors (Lipinski definition) is 1. The van der Waals surface area contributed by atoms with Gasteiger partial charge in [0.05, 0.1) is 17.2 Å². The van der Waals surface area contributed by atoms with Crippen LogP contribution in [0.4, 0.5) is 0 Å². The Balaban J connectivity index is 1.18. The summed E-state index contributed by atoms with van der Waals surface area (Å²) in [6.45, 7) is 1.52. The number of rotatable bonds is 9. The van der Waals surface area contributed by atoms with E-state index in [0.29, 0.717) is 10.8 Å². The van der Waals surface area contributed by atoms with E-state index in [1.807, 2.05) is 42.8 Å². The number of ether oxygens (including phenoxy) is 1. The largest absolute Gasteiger partial charge is 0.494 e. The number of unbranched alkanes of at least 4 members (excludes halogenated alkanes) is 1. The van der Waals surface area contributed by atoms with Gasteiger partial charge in [0.2, 0.25) is 0 Å². The summed E-state index contributed by atoms with van der Waals surface area (Å²) in [7, 11) is 0. The van der Waals surface area contributed by atoms with Gasteiger partial charge in [-0.25, -0.2) is 4.21 Å². The van der Waals surface area contributed by atoms with Crippen LogP contribution in [0, 0.1) is 11.8 Å². The van der Waals surface area contributed by atoms with E-state index in [0.717, 1.165) is 82.8 Å². The van der Waals surface area contributed by atoms with Crippen molar-refractivity contribution in [3.05, 3.63) is 83.6 Å². The van der Waals surface area contributed by atoms with Crippen LogP contribution in [-0.4, -0.2) is 34.3 Å². The summed E-state index contributed by atoms with van der Waals surface area (Å²) in [6.07, 6.45) is 18.9. The number of allylic oxidation sites excluding steroid dienone is 4. The van der Waals surface area contributed by atoms with Gasteiger partial charge >= 0.3 is 0 Å². The normalized spacial score (nSPS) is 20.1. The van der Waals surface area contributed by atoms with Crippen molar-refractivity contribution in [3.63, 3.8) is 0 Å². The van der Waals surface area contributed by atoms with Gasteiger partial charge in [0.15, 0.2) is 11.1 Å². The molecule has 1 fully saturated rings. The highest BCUT2D eigenvalue weighted by Crippen LogP contribution is 2.36. The van der Waals surface area contributed by atoms with E-state index in [1.165, 1.54) is 44.9 Å². The van der Waals surface area contributed by atoms with Crippen molar-refractivity contribution in [1.82, 2.24) is 0 Å². The molecule has 3 aromatic rings. The van der Waals surface area contributed by atoms with Gasteiger partial charge in [-0.3, -0.25) is 9.98 Å². The summed E-state index contributed by atoms with van der Waals surface area (Å²) < 4.78 is 27.9. The zero-order valence-corrected chi connectivity index (χ0v) is 25.0. The molecule has 3 aromatic carbocycles. The molecule has 5 nitrogen and oxygen atoms in total. The lowest BCUT2D eigenvalue weighted by Crippen LogP contribution is -2.07. The monoisotopic (exact) mass is 580 g/mol. The van der Waals surface area contributed by atoms with Crippen LogP contribution in [0.5, 0.6) is 5.75 Å². The van der Waals surface area contributed by atoms with Crippen LogP contribution < -0.4 is 4.74 Å². The zero-order chi connectivity index (χ0) is 28.7. The molecule has 2 heterocycles. The number of hydrogen-bond acceptors (Lipinski definition) is 4. The van der Waals surface area contributed by atoms with Crippen LogP contribution >= 0.6 is 0 Å². The molecule has 2 bridgehead atoms. The van der Waals surface area contributed by atoms with Gasteiger partial charge < -0.3 is 9.29 Å². The van der Waals surface area contributed by atoms with Crippen LogP contribution in [-0.2, 0) is 11.1 Å². The van der Waals surface area contributed by atoms with Crippen molar-refractivity contribution in [2.75, 3.05) is 13.2 Å². The van der Waals surface area contributed by atoms with Gasteiger partial charge in [0.1, 0.15) is 5.75 Å². The number of aliphatic imine (C=N–C) groups is 2. The van der Waals surface area contributed by atoms with Crippen molar-refractivity contribution in [3.8, 4) is 5.75 Å². The predicted octanol–water partition coefficient (Wildman–Crippen LogP) is 8.91. The van der Waals surface area contributed by atoms with Crippen LogP contribution in [0.2, 0.25) is 0 Å². The van der Waals surface area contributed by atoms with Gasteiger partial charge in [-0.2, -0.15) is 0 Å². The van der Waals surface area contributed by atoms with E-state index < -0.39 is 11.1 Å². The first-order valence-electron chi connectivity index (χ1n) is 15.5. The number of nitrogens with zero attached hydrogens (tertiary/aromatic N) is 2. The summed E-state index contributed by atoms with van der Waals surface area (Å²) in [5.74, 6) is 2.19. The topological polar surface area (TPSA) is 71.2 Å². The molecule has 3 aliphatic rings. The second-order valence-corrected chi connectivity index (χ2v) is 12.7. The molecule has 42 heavy (non-hydrogen) atoms. The zero-order valence-electron chi connectivity index (χ0n) is 24.2. The maximum absolute atomic E-state index is 12.0. The highest BCUT2D eigenvalue weighted by atomic mass is 32.2. The van der Waals surface area contributed by atoms with Crippen LogP contribution in [0.3, 0.4) is 0 Å². The molecule has 0 aromatic heterocycles. The molecule has 1 aliphatic carbocycles. The van der Waals surface area contributed by atoms with E-state index in [1.54, 1.807) is 6.07 Å². The first-order chi connectivity index (χ1) is 20.7. The third-order valence-corrected chi connectivity index (χ3v) is 9.67. The minimum Gasteiger partial charge on any atom is -0.494 e. The van der Waals surface area contributed by atoms with Gasteiger partial charge in [-0.15, -0.1) is 0 Å². The molecular formula is C36H40N2O3S. The minimum absolute atomic E-state index is 0.320. The van der Waals surface area contributed by atoms with E-state index in [2.05, 4.69) is 30.3 Å². The fourth-order valence-electron chi connectivity index (χ4n) is 6.64. The second-order valence-electron chi connectivity index (χ2n) is 11.8. The van der Waals surface area contributed by atoms with Gasteiger partial charge in [0, 0.05) is 29.9 Å². The molecule has 0 radical (unpaired) electrons. The maximum Gasteiger partial charge on any atom is 0.187 e. The second kappa shape index (κ2) is 13.7. The molecule has 0 saturated heterocycles. The Labute approximate surface area is 251 Å². The molecule has 0 amide bonds. The van der Waals surface area contributed by atoms with E-state index in [4.69, 9.17) is 14.7 Å². The third-order valence-electron chi connectivity index (χ3n) is 8.94. The first-order valence-corrected chi connectivity index (χ1v) is 16.6. The predicted molar refractivity (Wildman–Crippen MR) is 175 cm³/mol. The molecule has 2 aliphatic heterocycles. The highest BCUT2D eigenvalue weighted by molar-refractivity contribution is 7.79. The Bertz CT molecular complexity index is 1550. The Hall–Kier alpha value is -3.35. The van der Waals surface area contributed by atoms with Crippen molar-refractivity contribution in [1.29, 1.82) is 0 Å². The quantitative estimate of drug-likeness (QED) is 0.203. The lowest BCUT2D eigenvalue weighted by Gasteiger charge is -2.21. The third kappa shape index (κ3) is 6.82. The molecule has 6 heteroatoms. The molecular weight excluding hydrogens is 540 g/mol. The van der Waals surface area contributed by atoms with Crippen LogP contribution in [0.1, 0.15) is 75.3 Å². The molecule has 2 unspecified atom stereocenters. The molecule has 1 N–H and O–H groups in total. The Morgan fingerprint density at radius 3 is 2.50 bits per heavy atom. The smallest absolute Gasteiger partial charge is 0.187 e. The fourth-order valence-corrected chi connectivity index (χ4v) is 7.19. The summed E-state index contributed by atoms with van der Waals surface area (Å²) in [5, 5.41) is 1.71. The summed E-state index contributed by atoms with van der Waals surface area (Å²) in [6, 6.07) is 19.9. The summed E-state index contributed by atoms with van der Waals surface area (Å²) >= 11 is -2.06. The molecule has 6 rings (SSSR count). The summed E-state index contributed by atoms with van der Waals surface area (Å²) in [5.41, 5.74) is 5.21. The van der Waals surface area contributed by atoms with Crippen molar-refractivity contribution >= 4 is 45.4 Å². The van der Waals surface area contributed by atoms with E-state index in [9.17, 15) is 8.76 Å². The molecule has 0 spiro atoms. The van der Waals surface area contributed by atoms with E-state index in [-0.39, 0.29) is 0 Å². The van der Waals surface area contributed by atoms with Crippen LogP contribution in [0.25, 0.3) is 21.9 Å². The van der Waals surface area contributed by atoms with Crippen molar-refractivity contribution in [2.45, 2.75) is 69.1 Å². The Morgan fingerprint density at radius 2 is 1.69 bits per heavy atom. The maximum atomic E-state index is 12.0.